The molecule has 0 radical (unpaired) electrons. The number of hydrogen-bond donors (Lipinski definition) is 0. The lowest BCUT2D eigenvalue weighted by Crippen LogP contribution is -2.46. The lowest BCUT2D eigenvalue weighted by molar-refractivity contribution is -0.0247. The fourth-order valence-corrected chi connectivity index (χ4v) is 3.84. The van der Waals surface area contributed by atoms with Crippen LogP contribution in [0.5, 0.6) is 0 Å². The van der Waals surface area contributed by atoms with Crippen LogP contribution in [-0.4, -0.2) is 64.1 Å². The molecule has 2 rings (SSSR count). The van der Waals surface area contributed by atoms with E-state index in [-0.39, 0.29) is 11.9 Å². The van der Waals surface area contributed by atoms with E-state index in [4.69, 9.17) is 16.3 Å². The Hall–Kier alpha value is -0.660. The van der Waals surface area contributed by atoms with E-state index < -0.39 is 10.0 Å². The Morgan fingerprint density at radius 1 is 1.43 bits per heavy atom. The Bertz CT molecular complexity index is 579. The standard InChI is InChI=1S/C14H21ClN2O3S/c1-16-7-8-20-13(9-16)10-17(2)21(18,19)11-12-5-3-4-6-14(12)15/h3-6,13H,7-11H2,1-2H3. The molecule has 1 fully saturated rings. The van der Waals surface area contributed by atoms with Gasteiger partial charge in [0.25, 0.3) is 0 Å². The molecule has 7 heteroatoms. The third-order valence-corrected chi connectivity index (χ3v) is 5.72. The van der Waals surface area contributed by atoms with E-state index in [0.29, 0.717) is 23.7 Å². The van der Waals surface area contributed by atoms with Gasteiger partial charge < -0.3 is 9.64 Å². The molecule has 0 aliphatic carbocycles. The molecule has 21 heavy (non-hydrogen) atoms. The number of likely N-dealkylation sites (N-methyl/N-ethyl adjacent to an activating group) is 2. The van der Waals surface area contributed by atoms with Crippen LogP contribution in [-0.2, 0) is 20.5 Å². The van der Waals surface area contributed by atoms with Crippen LogP contribution in [0.2, 0.25) is 5.02 Å². The molecule has 1 unspecified atom stereocenters. The highest BCUT2D eigenvalue weighted by Gasteiger charge is 2.25. The van der Waals surface area contributed by atoms with Crippen LogP contribution in [0.25, 0.3) is 0 Å². The fourth-order valence-electron chi connectivity index (χ4n) is 2.30. The highest BCUT2D eigenvalue weighted by Crippen LogP contribution is 2.19. The van der Waals surface area contributed by atoms with E-state index in [1.807, 2.05) is 7.05 Å². The van der Waals surface area contributed by atoms with Crippen molar-refractivity contribution in [3.05, 3.63) is 34.9 Å². The predicted molar refractivity (Wildman–Crippen MR) is 83.9 cm³/mol. The van der Waals surface area contributed by atoms with Gasteiger partial charge in [-0.15, -0.1) is 0 Å². The smallest absolute Gasteiger partial charge is 0.218 e. The molecule has 1 aliphatic rings. The summed E-state index contributed by atoms with van der Waals surface area (Å²) in [6, 6.07) is 7.01. The Morgan fingerprint density at radius 3 is 2.81 bits per heavy atom. The molecule has 0 saturated carbocycles. The van der Waals surface area contributed by atoms with Crippen molar-refractivity contribution in [1.82, 2.24) is 9.21 Å². The summed E-state index contributed by atoms with van der Waals surface area (Å²) in [6.07, 6.45) is -0.0882. The van der Waals surface area contributed by atoms with Gasteiger partial charge in [-0.25, -0.2) is 12.7 Å². The normalized spacial score (nSPS) is 20.9. The minimum absolute atomic E-state index is 0.0882. The van der Waals surface area contributed by atoms with Gasteiger partial charge in [0.15, 0.2) is 0 Å². The van der Waals surface area contributed by atoms with Gasteiger partial charge in [-0.2, -0.15) is 0 Å². The van der Waals surface area contributed by atoms with Gasteiger partial charge in [0, 0.05) is 31.7 Å². The van der Waals surface area contributed by atoms with Crippen LogP contribution in [0.1, 0.15) is 5.56 Å². The average molecular weight is 333 g/mol. The summed E-state index contributed by atoms with van der Waals surface area (Å²) in [5.74, 6) is -0.0915. The van der Waals surface area contributed by atoms with Crippen molar-refractivity contribution < 1.29 is 13.2 Å². The van der Waals surface area contributed by atoms with Gasteiger partial charge in [-0.05, 0) is 18.7 Å². The van der Waals surface area contributed by atoms with E-state index in [9.17, 15) is 8.42 Å². The minimum Gasteiger partial charge on any atom is -0.374 e. The second-order valence-electron chi connectivity index (χ2n) is 5.38. The van der Waals surface area contributed by atoms with Gasteiger partial charge in [-0.1, -0.05) is 29.8 Å². The molecule has 1 aromatic carbocycles. The monoisotopic (exact) mass is 332 g/mol. The number of rotatable bonds is 5. The molecule has 1 aliphatic heterocycles. The molecule has 1 aromatic rings. The highest BCUT2D eigenvalue weighted by atomic mass is 35.5. The summed E-state index contributed by atoms with van der Waals surface area (Å²) in [7, 11) is 0.193. The zero-order valence-electron chi connectivity index (χ0n) is 12.3. The molecule has 1 atom stereocenters. The van der Waals surface area contributed by atoms with Crippen LogP contribution < -0.4 is 0 Å². The molecular formula is C14H21ClN2O3S. The quantitative estimate of drug-likeness (QED) is 0.818. The van der Waals surface area contributed by atoms with Crippen LogP contribution in [0.15, 0.2) is 24.3 Å². The largest absolute Gasteiger partial charge is 0.374 e. The van der Waals surface area contributed by atoms with Crippen LogP contribution in [0.4, 0.5) is 0 Å². The molecule has 0 bridgehead atoms. The van der Waals surface area contributed by atoms with E-state index in [1.165, 1.54) is 4.31 Å². The van der Waals surface area contributed by atoms with E-state index >= 15 is 0 Å². The van der Waals surface area contributed by atoms with Gasteiger partial charge in [0.1, 0.15) is 0 Å². The first-order valence-corrected chi connectivity index (χ1v) is 8.85. The first kappa shape index (κ1) is 16.7. The van der Waals surface area contributed by atoms with Gasteiger partial charge in [0.2, 0.25) is 10.0 Å². The van der Waals surface area contributed by atoms with Crippen molar-refractivity contribution in [2.24, 2.45) is 0 Å². The second kappa shape index (κ2) is 7.07. The zero-order valence-corrected chi connectivity index (χ0v) is 13.9. The zero-order chi connectivity index (χ0) is 15.5. The Morgan fingerprint density at radius 2 is 2.14 bits per heavy atom. The van der Waals surface area contributed by atoms with Crippen molar-refractivity contribution in [3.8, 4) is 0 Å². The number of sulfonamides is 1. The molecule has 0 amide bonds. The number of nitrogens with zero attached hydrogens (tertiary/aromatic N) is 2. The Labute approximate surface area is 131 Å². The van der Waals surface area contributed by atoms with E-state index in [1.54, 1.807) is 31.3 Å². The Balaban J connectivity index is 2.00. The summed E-state index contributed by atoms with van der Waals surface area (Å²) >= 11 is 6.03. The molecule has 0 aromatic heterocycles. The van der Waals surface area contributed by atoms with Gasteiger partial charge >= 0.3 is 0 Å². The molecule has 118 valence electrons. The maximum atomic E-state index is 12.4. The molecule has 5 nitrogen and oxygen atoms in total. The molecule has 1 saturated heterocycles. The first-order valence-electron chi connectivity index (χ1n) is 6.86. The number of benzene rings is 1. The van der Waals surface area contributed by atoms with Crippen LogP contribution in [0, 0.1) is 0 Å². The maximum Gasteiger partial charge on any atom is 0.218 e. The van der Waals surface area contributed by atoms with Crippen molar-refractivity contribution in [1.29, 1.82) is 0 Å². The fraction of sp³-hybridized carbons (Fsp3) is 0.571. The summed E-state index contributed by atoms with van der Waals surface area (Å²) in [6.45, 7) is 2.62. The lowest BCUT2D eigenvalue weighted by atomic mass is 10.2. The van der Waals surface area contributed by atoms with Crippen molar-refractivity contribution >= 4 is 21.6 Å². The van der Waals surface area contributed by atoms with E-state index in [2.05, 4.69) is 4.90 Å². The third kappa shape index (κ3) is 4.66. The molecular weight excluding hydrogens is 312 g/mol. The molecule has 1 heterocycles. The number of halogens is 1. The van der Waals surface area contributed by atoms with Gasteiger partial charge in [-0.3, -0.25) is 0 Å². The molecule has 0 spiro atoms. The van der Waals surface area contributed by atoms with Crippen molar-refractivity contribution in [3.63, 3.8) is 0 Å². The average Bonchev–Trinajstić information content (AvgIpc) is 2.41. The SMILES string of the molecule is CN1CCOC(CN(C)S(=O)(=O)Cc2ccccc2Cl)C1. The van der Waals surface area contributed by atoms with Gasteiger partial charge in [0.05, 0.1) is 18.5 Å². The summed E-state index contributed by atoms with van der Waals surface area (Å²) in [5, 5.41) is 0.475. The van der Waals surface area contributed by atoms with Crippen LogP contribution >= 0.6 is 11.6 Å². The predicted octanol–water partition coefficient (Wildman–Crippen LogP) is 1.43. The maximum absolute atomic E-state index is 12.4. The molecule has 0 N–H and O–H groups in total. The van der Waals surface area contributed by atoms with E-state index in [0.717, 1.165) is 13.1 Å². The van der Waals surface area contributed by atoms with Crippen molar-refractivity contribution in [2.45, 2.75) is 11.9 Å². The topological polar surface area (TPSA) is 49.9 Å². The summed E-state index contributed by atoms with van der Waals surface area (Å²) in [5.41, 5.74) is 0.618. The van der Waals surface area contributed by atoms with Crippen LogP contribution in [0.3, 0.4) is 0 Å². The summed E-state index contributed by atoms with van der Waals surface area (Å²) < 4.78 is 31.8. The Kier molecular flexibility index (Phi) is 5.62. The number of ether oxygens (including phenoxy) is 1. The third-order valence-electron chi connectivity index (χ3n) is 3.57. The number of hydrogen-bond acceptors (Lipinski definition) is 4. The number of morpholine rings is 1. The van der Waals surface area contributed by atoms with Crippen molar-refractivity contribution in [2.75, 3.05) is 40.3 Å². The summed E-state index contributed by atoms with van der Waals surface area (Å²) in [4.78, 5) is 2.14. The lowest BCUT2D eigenvalue weighted by Gasteiger charge is -2.32. The highest BCUT2D eigenvalue weighted by molar-refractivity contribution is 7.88. The first-order chi connectivity index (χ1) is 9.88. The second-order valence-corrected chi connectivity index (χ2v) is 7.87. The minimum atomic E-state index is -3.40.